The monoisotopic (exact) mass is 378 g/mol. The smallest absolute Gasteiger partial charge is 0.277 e. The number of benzene rings is 1. The maximum atomic E-state index is 13.0. The Bertz CT molecular complexity index is 1150. The van der Waals surface area contributed by atoms with Gasteiger partial charge in [-0.05, 0) is 44.2 Å². The highest BCUT2D eigenvalue weighted by Gasteiger charge is 2.23. The second-order valence-corrected chi connectivity index (χ2v) is 7.60. The Kier molecular flexibility index (Phi) is 4.50. The average Bonchev–Trinajstić information content (AvgIpc) is 3.05. The fourth-order valence-electron chi connectivity index (χ4n) is 3.55. The SMILES string of the molecule is CCn1nc(C(=O)Nc2sc3c(c2C#N)CCCC3)c2ccccc2c1=O. The van der Waals surface area contributed by atoms with Crippen molar-refractivity contribution < 1.29 is 4.79 Å². The van der Waals surface area contributed by atoms with Gasteiger partial charge in [-0.15, -0.1) is 11.3 Å². The molecule has 0 fully saturated rings. The number of hydrogen-bond acceptors (Lipinski definition) is 5. The van der Waals surface area contributed by atoms with Gasteiger partial charge in [-0.25, -0.2) is 4.68 Å². The summed E-state index contributed by atoms with van der Waals surface area (Å²) >= 11 is 1.48. The van der Waals surface area contributed by atoms with Gasteiger partial charge in [-0.1, -0.05) is 18.2 Å². The molecule has 2 heterocycles. The minimum absolute atomic E-state index is 0.197. The van der Waals surface area contributed by atoms with Crippen LogP contribution in [-0.4, -0.2) is 15.7 Å². The molecule has 0 radical (unpaired) electrons. The van der Waals surface area contributed by atoms with Crippen LogP contribution in [0.15, 0.2) is 29.1 Å². The molecular weight excluding hydrogens is 360 g/mol. The zero-order valence-electron chi connectivity index (χ0n) is 14.9. The Labute approximate surface area is 160 Å². The predicted molar refractivity (Wildman–Crippen MR) is 105 cm³/mol. The number of nitrogens with zero attached hydrogens (tertiary/aromatic N) is 3. The molecule has 0 saturated heterocycles. The molecule has 6 nitrogen and oxygen atoms in total. The first-order valence-electron chi connectivity index (χ1n) is 9.00. The third-order valence-electron chi connectivity index (χ3n) is 4.89. The standard InChI is InChI=1S/C20H18N4O2S/c1-2-24-20(26)14-9-4-3-8-13(14)17(23-24)18(25)22-19-15(11-21)12-7-5-6-10-16(12)27-19/h3-4,8-9H,2,5-7,10H2,1H3,(H,22,25). The van der Waals surface area contributed by atoms with Crippen molar-refractivity contribution in [3.05, 3.63) is 56.3 Å². The molecule has 1 aliphatic carbocycles. The number of carbonyl (C=O) groups excluding carboxylic acids is 1. The van der Waals surface area contributed by atoms with E-state index in [1.54, 1.807) is 24.3 Å². The Morgan fingerprint density at radius 3 is 2.78 bits per heavy atom. The lowest BCUT2D eigenvalue weighted by atomic mass is 9.96. The quantitative estimate of drug-likeness (QED) is 0.756. The van der Waals surface area contributed by atoms with E-state index < -0.39 is 5.91 Å². The van der Waals surface area contributed by atoms with Gasteiger partial charge in [0.05, 0.1) is 10.9 Å². The Morgan fingerprint density at radius 2 is 2.04 bits per heavy atom. The van der Waals surface area contributed by atoms with Gasteiger partial charge in [0.1, 0.15) is 11.1 Å². The van der Waals surface area contributed by atoms with Crippen molar-refractivity contribution in [1.82, 2.24) is 9.78 Å². The first-order valence-corrected chi connectivity index (χ1v) is 9.81. The Morgan fingerprint density at radius 1 is 1.30 bits per heavy atom. The average molecular weight is 378 g/mol. The second-order valence-electron chi connectivity index (χ2n) is 6.50. The largest absolute Gasteiger partial charge is 0.311 e. The zero-order valence-corrected chi connectivity index (χ0v) is 15.7. The minimum atomic E-state index is -0.400. The number of fused-ring (bicyclic) bond motifs is 2. The van der Waals surface area contributed by atoms with E-state index in [1.165, 1.54) is 20.9 Å². The van der Waals surface area contributed by atoms with Gasteiger partial charge in [0.2, 0.25) is 0 Å². The lowest BCUT2D eigenvalue weighted by Gasteiger charge is -2.10. The van der Waals surface area contributed by atoms with Gasteiger partial charge in [0, 0.05) is 16.8 Å². The van der Waals surface area contributed by atoms with Crippen LogP contribution in [0.1, 0.15) is 46.3 Å². The Hall–Kier alpha value is -2.98. The van der Waals surface area contributed by atoms with Crippen molar-refractivity contribution in [2.75, 3.05) is 5.32 Å². The van der Waals surface area contributed by atoms with Crippen LogP contribution < -0.4 is 10.9 Å². The number of nitrogens with one attached hydrogen (secondary N) is 1. The van der Waals surface area contributed by atoms with E-state index in [1.807, 2.05) is 6.92 Å². The van der Waals surface area contributed by atoms with Crippen molar-refractivity contribution in [3.63, 3.8) is 0 Å². The normalized spacial score (nSPS) is 13.2. The van der Waals surface area contributed by atoms with Crippen LogP contribution in [0.2, 0.25) is 0 Å². The van der Waals surface area contributed by atoms with Crippen LogP contribution in [0.3, 0.4) is 0 Å². The summed E-state index contributed by atoms with van der Waals surface area (Å²) in [6.07, 6.45) is 4.01. The van der Waals surface area contributed by atoms with Crippen molar-refractivity contribution in [2.24, 2.45) is 0 Å². The third kappa shape index (κ3) is 2.92. The van der Waals surface area contributed by atoms with E-state index >= 15 is 0 Å². The maximum absolute atomic E-state index is 13.0. The number of amides is 1. The molecule has 0 saturated carbocycles. The second kappa shape index (κ2) is 6.97. The first-order chi connectivity index (χ1) is 13.1. The van der Waals surface area contributed by atoms with Gasteiger partial charge in [-0.2, -0.15) is 10.4 Å². The van der Waals surface area contributed by atoms with Crippen LogP contribution in [0.5, 0.6) is 0 Å². The van der Waals surface area contributed by atoms with Crippen LogP contribution in [0.25, 0.3) is 10.8 Å². The topological polar surface area (TPSA) is 87.8 Å². The molecule has 0 bridgehead atoms. The fourth-order valence-corrected chi connectivity index (χ4v) is 4.79. The summed E-state index contributed by atoms with van der Waals surface area (Å²) in [7, 11) is 0. The summed E-state index contributed by atoms with van der Waals surface area (Å²) in [5, 5.41) is 18.3. The number of rotatable bonds is 3. The molecule has 0 aliphatic heterocycles. The molecular formula is C20H18N4O2S. The van der Waals surface area contributed by atoms with Crippen molar-refractivity contribution in [2.45, 2.75) is 39.2 Å². The third-order valence-corrected chi connectivity index (χ3v) is 6.10. The molecule has 0 spiro atoms. The van der Waals surface area contributed by atoms with Crippen molar-refractivity contribution >= 4 is 33.0 Å². The molecule has 7 heteroatoms. The van der Waals surface area contributed by atoms with E-state index in [0.29, 0.717) is 27.9 Å². The molecule has 0 unspecified atom stereocenters. The number of aromatic nitrogens is 2. The highest BCUT2D eigenvalue weighted by atomic mass is 32.1. The first kappa shape index (κ1) is 17.4. The maximum Gasteiger partial charge on any atom is 0.277 e. The summed E-state index contributed by atoms with van der Waals surface area (Å²) in [6.45, 7) is 2.19. The molecule has 4 rings (SSSR count). The lowest BCUT2D eigenvalue weighted by molar-refractivity contribution is 0.102. The number of aryl methyl sites for hydroxylation is 2. The zero-order chi connectivity index (χ0) is 19.0. The predicted octanol–water partition coefficient (Wildman–Crippen LogP) is 3.48. The van der Waals surface area contributed by atoms with Gasteiger partial charge >= 0.3 is 0 Å². The van der Waals surface area contributed by atoms with Gasteiger partial charge in [-0.3, -0.25) is 9.59 Å². The molecule has 1 N–H and O–H groups in total. The van der Waals surface area contributed by atoms with Crippen LogP contribution in [-0.2, 0) is 19.4 Å². The van der Waals surface area contributed by atoms with Crippen LogP contribution in [0, 0.1) is 11.3 Å². The van der Waals surface area contributed by atoms with E-state index in [-0.39, 0.29) is 11.3 Å². The van der Waals surface area contributed by atoms with Crippen molar-refractivity contribution in [3.8, 4) is 6.07 Å². The van der Waals surface area contributed by atoms with Crippen molar-refractivity contribution in [1.29, 1.82) is 5.26 Å². The number of nitriles is 1. The highest BCUT2D eigenvalue weighted by Crippen LogP contribution is 2.37. The molecule has 136 valence electrons. The molecule has 0 atom stereocenters. The molecule has 27 heavy (non-hydrogen) atoms. The van der Waals surface area contributed by atoms with Crippen LogP contribution in [0.4, 0.5) is 5.00 Å². The van der Waals surface area contributed by atoms with E-state index in [0.717, 1.165) is 31.2 Å². The van der Waals surface area contributed by atoms with Crippen LogP contribution >= 0.6 is 11.3 Å². The summed E-state index contributed by atoms with van der Waals surface area (Å²) in [5.74, 6) is -0.400. The number of thiophene rings is 1. The number of carbonyl (C=O) groups is 1. The summed E-state index contributed by atoms with van der Waals surface area (Å²) in [4.78, 5) is 26.6. The molecule has 1 aliphatic rings. The van der Waals surface area contributed by atoms with Gasteiger partial charge in [0.25, 0.3) is 11.5 Å². The number of anilines is 1. The number of hydrogen-bond donors (Lipinski definition) is 1. The van der Waals surface area contributed by atoms with E-state index in [2.05, 4.69) is 16.5 Å². The lowest BCUT2D eigenvalue weighted by Crippen LogP contribution is -2.27. The highest BCUT2D eigenvalue weighted by molar-refractivity contribution is 7.16. The van der Waals surface area contributed by atoms with E-state index in [9.17, 15) is 14.9 Å². The molecule has 3 aromatic rings. The molecule has 1 aromatic carbocycles. The summed E-state index contributed by atoms with van der Waals surface area (Å²) < 4.78 is 1.29. The molecule has 2 aromatic heterocycles. The van der Waals surface area contributed by atoms with E-state index in [4.69, 9.17) is 0 Å². The molecule has 1 amide bonds. The Balaban J connectivity index is 1.79. The van der Waals surface area contributed by atoms with Gasteiger partial charge in [0.15, 0.2) is 5.69 Å². The minimum Gasteiger partial charge on any atom is -0.311 e. The fraction of sp³-hybridized carbons (Fsp3) is 0.300. The summed E-state index contributed by atoms with van der Waals surface area (Å²) in [6, 6.07) is 9.23. The van der Waals surface area contributed by atoms with Gasteiger partial charge < -0.3 is 5.32 Å². The summed E-state index contributed by atoms with van der Waals surface area (Å²) in [5.41, 5.74) is 1.62.